The van der Waals surface area contributed by atoms with Crippen molar-refractivity contribution >= 4 is 49.0 Å². The zero-order chi connectivity index (χ0) is 21.8. The van der Waals surface area contributed by atoms with E-state index in [1.165, 1.54) is 43.9 Å². The standard InChI is InChI=1S/C28H26FN2/c1-15-11-21-20-8-7-18(28(3,4)5)13-22(20)31-23-14-19(29)12-17-9-10-30(6)27(25(17)23)24(16(15)2)26(21)31/h7-14H,1-6H3/q+1. The van der Waals surface area contributed by atoms with Crippen LogP contribution < -0.4 is 4.57 Å². The lowest BCUT2D eigenvalue weighted by Crippen LogP contribution is -2.29. The molecule has 6 rings (SSSR count). The molecule has 3 heteroatoms. The van der Waals surface area contributed by atoms with Crippen LogP contribution in [-0.4, -0.2) is 4.40 Å². The molecule has 0 fully saturated rings. The van der Waals surface area contributed by atoms with E-state index in [-0.39, 0.29) is 11.2 Å². The van der Waals surface area contributed by atoms with Gasteiger partial charge in [0.25, 0.3) is 0 Å². The van der Waals surface area contributed by atoms with Crippen LogP contribution in [-0.2, 0) is 12.5 Å². The molecule has 0 saturated carbocycles. The number of aryl methyl sites for hydroxylation is 3. The first-order valence-electron chi connectivity index (χ1n) is 10.9. The van der Waals surface area contributed by atoms with Crippen LogP contribution in [0.25, 0.3) is 49.0 Å². The Labute approximate surface area is 180 Å². The fourth-order valence-electron chi connectivity index (χ4n) is 5.33. The van der Waals surface area contributed by atoms with Crippen LogP contribution >= 0.6 is 0 Å². The van der Waals surface area contributed by atoms with Crippen molar-refractivity contribution in [2.24, 2.45) is 7.05 Å². The molecule has 3 aromatic heterocycles. The van der Waals surface area contributed by atoms with Crippen LogP contribution in [0.15, 0.2) is 48.7 Å². The highest BCUT2D eigenvalue weighted by Crippen LogP contribution is 2.42. The van der Waals surface area contributed by atoms with E-state index in [1.54, 1.807) is 12.1 Å². The Balaban J connectivity index is 2.06. The summed E-state index contributed by atoms with van der Waals surface area (Å²) in [7, 11) is 2.09. The molecule has 3 aromatic carbocycles. The van der Waals surface area contributed by atoms with Crippen molar-refractivity contribution in [1.82, 2.24) is 4.40 Å². The number of benzene rings is 3. The van der Waals surface area contributed by atoms with Gasteiger partial charge in [0.2, 0.25) is 5.52 Å². The molecule has 0 radical (unpaired) electrons. The quantitative estimate of drug-likeness (QED) is 0.147. The molecule has 154 valence electrons. The molecule has 0 aliphatic carbocycles. The van der Waals surface area contributed by atoms with Crippen LogP contribution in [0.1, 0.15) is 37.5 Å². The molecule has 0 bridgehead atoms. The maximum absolute atomic E-state index is 14.8. The summed E-state index contributed by atoms with van der Waals surface area (Å²) < 4.78 is 19.3. The lowest BCUT2D eigenvalue weighted by molar-refractivity contribution is -0.643. The molecule has 3 heterocycles. The highest BCUT2D eigenvalue weighted by atomic mass is 19.1. The Morgan fingerprint density at radius 2 is 1.65 bits per heavy atom. The Morgan fingerprint density at radius 3 is 2.39 bits per heavy atom. The number of rotatable bonds is 0. The Hall–Kier alpha value is -3.20. The summed E-state index contributed by atoms with van der Waals surface area (Å²) in [6, 6.07) is 14.5. The van der Waals surface area contributed by atoms with Gasteiger partial charge in [-0.2, -0.15) is 0 Å². The van der Waals surface area contributed by atoms with Crippen molar-refractivity contribution < 1.29 is 8.96 Å². The van der Waals surface area contributed by atoms with Crippen LogP contribution in [0.5, 0.6) is 0 Å². The van der Waals surface area contributed by atoms with Gasteiger partial charge in [-0.15, -0.1) is 0 Å². The predicted molar refractivity (Wildman–Crippen MR) is 128 cm³/mol. The summed E-state index contributed by atoms with van der Waals surface area (Å²) in [5.41, 5.74) is 8.33. The third kappa shape index (κ3) is 2.29. The fraction of sp³-hybridized carbons (Fsp3) is 0.250. The number of hydrogen-bond donors (Lipinski definition) is 0. The minimum atomic E-state index is -0.198. The number of aromatic nitrogens is 2. The first-order chi connectivity index (χ1) is 14.7. The van der Waals surface area contributed by atoms with Crippen molar-refractivity contribution in [2.75, 3.05) is 0 Å². The van der Waals surface area contributed by atoms with Crippen molar-refractivity contribution in [3.8, 4) is 0 Å². The van der Waals surface area contributed by atoms with Gasteiger partial charge in [0, 0.05) is 16.8 Å². The SMILES string of the molecule is Cc1cc2c3ccc(C(C)(C)C)cc3n3c4cc(F)cc5cc[n+](C)c(c(c1C)c23)c54. The maximum Gasteiger partial charge on any atom is 0.224 e. The van der Waals surface area contributed by atoms with E-state index in [9.17, 15) is 4.39 Å². The van der Waals surface area contributed by atoms with Gasteiger partial charge in [-0.25, -0.2) is 8.96 Å². The van der Waals surface area contributed by atoms with Crippen molar-refractivity contribution in [2.45, 2.75) is 40.0 Å². The number of pyridine rings is 2. The smallest absolute Gasteiger partial charge is 0.224 e. The molecule has 0 amide bonds. The zero-order valence-corrected chi connectivity index (χ0v) is 18.9. The molecule has 0 saturated heterocycles. The third-order valence-electron chi connectivity index (χ3n) is 7.10. The number of halogens is 1. The predicted octanol–water partition coefficient (Wildman–Crippen LogP) is 6.87. The molecule has 0 aliphatic heterocycles. The molecular weight excluding hydrogens is 383 g/mol. The van der Waals surface area contributed by atoms with E-state index in [2.05, 4.69) is 74.9 Å². The zero-order valence-electron chi connectivity index (χ0n) is 18.9. The largest absolute Gasteiger partial charge is 0.307 e. The van der Waals surface area contributed by atoms with Crippen LogP contribution in [0.3, 0.4) is 0 Å². The Bertz CT molecular complexity index is 1700. The number of fused-ring (bicyclic) bond motifs is 5. The molecule has 0 unspecified atom stereocenters. The lowest BCUT2D eigenvalue weighted by atomic mass is 9.86. The van der Waals surface area contributed by atoms with E-state index < -0.39 is 0 Å². The van der Waals surface area contributed by atoms with Crippen molar-refractivity contribution in [3.63, 3.8) is 0 Å². The average Bonchev–Trinajstić information content (AvgIpc) is 3.02. The van der Waals surface area contributed by atoms with E-state index >= 15 is 0 Å². The van der Waals surface area contributed by atoms with Gasteiger partial charge in [0.05, 0.1) is 27.3 Å². The van der Waals surface area contributed by atoms with Gasteiger partial charge < -0.3 is 4.40 Å². The minimum Gasteiger partial charge on any atom is -0.307 e. The second kappa shape index (κ2) is 5.73. The van der Waals surface area contributed by atoms with Crippen molar-refractivity contribution in [1.29, 1.82) is 0 Å². The first kappa shape index (κ1) is 18.6. The van der Waals surface area contributed by atoms with Gasteiger partial charge in [0.15, 0.2) is 6.20 Å². The fourth-order valence-corrected chi connectivity index (χ4v) is 5.33. The van der Waals surface area contributed by atoms with Gasteiger partial charge in [-0.05, 0) is 65.6 Å². The molecule has 0 atom stereocenters. The summed E-state index contributed by atoms with van der Waals surface area (Å²) in [6.07, 6.45) is 2.05. The molecular formula is C28H26FN2+. The van der Waals surface area contributed by atoms with E-state index in [0.717, 1.165) is 21.8 Å². The van der Waals surface area contributed by atoms with E-state index in [0.29, 0.717) is 0 Å². The molecule has 0 N–H and O–H groups in total. The van der Waals surface area contributed by atoms with Crippen LogP contribution in [0.2, 0.25) is 0 Å². The number of nitrogens with zero attached hydrogens (tertiary/aromatic N) is 2. The van der Waals surface area contributed by atoms with Crippen LogP contribution in [0, 0.1) is 19.7 Å². The molecule has 0 aliphatic rings. The van der Waals surface area contributed by atoms with Gasteiger partial charge in [-0.1, -0.05) is 32.9 Å². The second-order valence-corrected chi connectivity index (χ2v) is 10.1. The monoisotopic (exact) mass is 409 g/mol. The van der Waals surface area contributed by atoms with E-state index in [1.807, 2.05) is 12.3 Å². The maximum atomic E-state index is 14.8. The summed E-state index contributed by atoms with van der Waals surface area (Å²) >= 11 is 0. The first-order valence-corrected chi connectivity index (χ1v) is 10.9. The van der Waals surface area contributed by atoms with Gasteiger partial charge >= 0.3 is 0 Å². The van der Waals surface area contributed by atoms with Gasteiger partial charge in [-0.3, -0.25) is 0 Å². The lowest BCUT2D eigenvalue weighted by Gasteiger charge is -2.19. The van der Waals surface area contributed by atoms with E-state index in [4.69, 9.17) is 0 Å². The average molecular weight is 410 g/mol. The molecule has 31 heavy (non-hydrogen) atoms. The highest BCUT2D eigenvalue weighted by molar-refractivity contribution is 6.26. The summed E-state index contributed by atoms with van der Waals surface area (Å²) in [4.78, 5) is 0. The number of hydrogen-bond acceptors (Lipinski definition) is 0. The Kier molecular flexibility index (Phi) is 3.43. The Morgan fingerprint density at radius 1 is 0.871 bits per heavy atom. The molecule has 0 spiro atoms. The second-order valence-electron chi connectivity index (χ2n) is 10.1. The third-order valence-corrected chi connectivity index (χ3v) is 7.10. The molecule has 2 nitrogen and oxygen atoms in total. The van der Waals surface area contributed by atoms with Crippen molar-refractivity contribution in [3.05, 3.63) is 71.2 Å². The minimum absolute atomic E-state index is 0.0376. The highest BCUT2D eigenvalue weighted by Gasteiger charge is 2.26. The van der Waals surface area contributed by atoms with Crippen LogP contribution in [0.4, 0.5) is 4.39 Å². The molecule has 6 aromatic rings. The summed E-state index contributed by atoms with van der Waals surface area (Å²) in [6.45, 7) is 11.1. The van der Waals surface area contributed by atoms with Gasteiger partial charge in [0.1, 0.15) is 12.9 Å². The summed E-state index contributed by atoms with van der Waals surface area (Å²) in [5, 5.41) is 5.78. The topological polar surface area (TPSA) is 8.29 Å². The summed E-state index contributed by atoms with van der Waals surface area (Å²) in [5.74, 6) is -0.198. The normalized spacial score (nSPS) is 13.0.